The van der Waals surface area contributed by atoms with Gasteiger partial charge in [0.25, 0.3) is 0 Å². The van der Waals surface area contributed by atoms with Crippen molar-refractivity contribution >= 4 is 22.6 Å². The molecule has 0 aliphatic heterocycles. The average Bonchev–Trinajstić information content (AvgIpc) is 2.51. The van der Waals surface area contributed by atoms with Crippen LogP contribution in [0.3, 0.4) is 0 Å². The molecule has 0 saturated heterocycles. The van der Waals surface area contributed by atoms with Crippen LogP contribution in [-0.4, -0.2) is 6.10 Å². The van der Waals surface area contributed by atoms with Gasteiger partial charge < -0.3 is 4.74 Å². The summed E-state index contributed by atoms with van der Waals surface area (Å²) in [6.07, 6.45) is 7.68. The average molecular weight is 334 g/mol. The van der Waals surface area contributed by atoms with Crippen LogP contribution >= 0.6 is 22.6 Å². The van der Waals surface area contributed by atoms with Gasteiger partial charge in [-0.1, -0.05) is 27.7 Å². The summed E-state index contributed by atoms with van der Waals surface area (Å²) in [7, 11) is 0. The molecule has 0 spiro atoms. The molecule has 2 fully saturated rings. The van der Waals surface area contributed by atoms with Gasteiger partial charge in [0.05, 0.1) is 0 Å². The van der Waals surface area contributed by atoms with Crippen molar-refractivity contribution < 1.29 is 4.74 Å². The second-order valence-electron chi connectivity index (χ2n) is 6.13. The molecule has 2 heteroatoms. The lowest BCUT2D eigenvalue weighted by Crippen LogP contribution is -2.36. The molecule has 0 aromatic carbocycles. The SMILES string of the molecule is CC/C=C(/I)O[C@@H]1C[C@@H]2CC[C@@]1(C)C2(C)C. The van der Waals surface area contributed by atoms with E-state index in [-0.39, 0.29) is 0 Å². The summed E-state index contributed by atoms with van der Waals surface area (Å²) >= 11 is 2.33. The molecule has 3 atom stereocenters. The lowest BCUT2D eigenvalue weighted by Gasteiger charge is -2.38. The maximum Gasteiger partial charge on any atom is 0.153 e. The van der Waals surface area contributed by atoms with Gasteiger partial charge in [0.15, 0.2) is 3.77 Å². The highest BCUT2D eigenvalue weighted by atomic mass is 127. The Hall–Kier alpha value is 0.270. The fraction of sp³-hybridized carbons (Fsp3) is 0.857. The van der Waals surface area contributed by atoms with Crippen LogP contribution in [0.2, 0.25) is 0 Å². The number of fused-ring (bicyclic) bond motifs is 2. The molecule has 0 amide bonds. The van der Waals surface area contributed by atoms with Gasteiger partial charge in [-0.25, -0.2) is 0 Å². The second kappa shape index (κ2) is 4.18. The van der Waals surface area contributed by atoms with Crippen LogP contribution in [0.5, 0.6) is 0 Å². The zero-order valence-electron chi connectivity index (χ0n) is 10.8. The van der Waals surface area contributed by atoms with Crippen LogP contribution in [0.4, 0.5) is 0 Å². The molecular weight excluding hydrogens is 311 g/mol. The van der Waals surface area contributed by atoms with Crippen molar-refractivity contribution in [3.63, 3.8) is 0 Å². The first kappa shape index (κ1) is 12.7. The molecule has 1 nitrogen and oxygen atoms in total. The van der Waals surface area contributed by atoms with Gasteiger partial charge in [-0.05, 0) is 65.7 Å². The van der Waals surface area contributed by atoms with E-state index in [9.17, 15) is 0 Å². The molecule has 0 radical (unpaired) electrons. The lowest BCUT2D eigenvalue weighted by molar-refractivity contribution is -0.000858. The molecule has 0 N–H and O–H groups in total. The molecule has 2 bridgehead atoms. The van der Waals surface area contributed by atoms with Crippen LogP contribution in [0.1, 0.15) is 53.4 Å². The van der Waals surface area contributed by atoms with Crippen LogP contribution in [0.25, 0.3) is 0 Å². The third-order valence-corrected chi connectivity index (χ3v) is 6.03. The third kappa shape index (κ3) is 1.72. The number of halogens is 1. The Labute approximate surface area is 113 Å². The molecule has 0 aromatic heterocycles. The molecule has 2 rings (SSSR count). The van der Waals surface area contributed by atoms with Crippen molar-refractivity contribution in [2.75, 3.05) is 0 Å². The van der Waals surface area contributed by atoms with E-state index in [2.05, 4.69) is 56.4 Å². The van der Waals surface area contributed by atoms with E-state index in [1.54, 1.807) is 0 Å². The van der Waals surface area contributed by atoms with Gasteiger partial charge in [0, 0.05) is 5.41 Å². The Morgan fingerprint density at radius 2 is 2.12 bits per heavy atom. The summed E-state index contributed by atoms with van der Waals surface area (Å²) in [5, 5.41) is 0. The number of allylic oxidation sites excluding steroid dienone is 1. The van der Waals surface area contributed by atoms with E-state index >= 15 is 0 Å². The van der Waals surface area contributed by atoms with Crippen molar-refractivity contribution in [1.29, 1.82) is 0 Å². The van der Waals surface area contributed by atoms with Crippen molar-refractivity contribution in [3.05, 3.63) is 9.84 Å². The molecule has 16 heavy (non-hydrogen) atoms. The number of hydrogen-bond donors (Lipinski definition) is 0. The van der Waals surface area contributed by atoms with Crippen LogP contribution < -0.4 is 0 Å². The normalized spacial score (nSPS) is 41.4. The molecule has 0 aromatic rings. The van der Waals surface area contributed by atoms with Crippen molar-refractivity contribution in [3.8, 4) is 0 Å². The standard InChI is InChI=1S/C14H23IO/c1-5-6-12(15)16-11-9-10-7-8-14(11,4)13(10,2)3/h6,10-11H,5,7-9H2,1-4H3/b12-6-/t10-,11+,14+/m0/s1. The Kier molecular flexibility index (Phi) is 3.32. The Morgan fingerprint density at radius 3 is 2.56 bits per heavy atom. The van der Waals surface area contributed by atoms with Crippen LogP contribution in [0, 0.1) is 16.7 Å². The molecule has 0 heterocycles. The van der Waals surface area contributed by atoms with Gasteiger partial charge in [-0.2, -0.15) is 0 Å². The van der Waals surface area contributed by atoms with Crippen LogP contribution in [-0.2, 0) is 4.74 Å². The van der Waals surface area contributed by atoms with E-state index in [4.69, 9.17) is 4.74 Å². The first-order valence-electron chi connectivity index (χ1n) is 6.44. The zero-order valence-corrected chi connectivity index (χ0v) is 13.0. The van der Waals surface area contributed by atoms with Crippen LogP contribution in [0.15, 0.2) is 9.84 Å². The predicted molar refractivity (Wildman–Crippen MR) is 76.5 cm³/mol. The van der Waals surface area contributed by atoms with Gasteiger partial charge in [-0.15, -0.1) is 0 Å². The first-order valence-corrected chi connectivity index (χ1v) is 7.52. The van der Waals surface area contributed by atoms with E-state index in [1.807, 2.05) is 0 Å². The summed E-state index contributed by atoms with van der Waals surface area (Å²) in [5.74, 6) is 0.869. The Balaban J connectivity index is 2.13. The third-order valence-electron chi connectivity index (χ3n) is 5.33. The minimum Gasteiger partial charge on any atom is -0.484 e. The highest BCUT2D eigenvalue weighted by molar-refractivity contribution is 14.1. The van der Waals surface area contributed by atoms with Gasteiger partial charge in [-0.3, -0.25) is 0 Å². The largest absolute Gasteiger partial charge is 0.484 e. The molecule has 0 unspecified atom stereocenters. The molecule has 2 aliphatic carbocycles. The van der Waals surface area contributed by atoms with Gasteiger partial charge in [0.1, 0.15) is 6.10 Å². The molecule has 2 saturated carbocycles. The van der Waals surface area contributed by atoms with E-state index in [0.717, 1.165) is 16.1 Å². The van der Waals surface area contributed by atoms with Crippen molar-refractivity contribution in [1.82, 2.24) is 0 Å². The van der Waals surface area contributed by atoms with E-state index in [0.29, 0.717) is 16.9 Å². The molecule has 92 valence electrons. The van der Waals surface area contributed by atoms with Crippen molar-refractivity contribution in [2.45, 2.75) is 59.5 Å². The quantitative estimate of drug-likeness (QED) is 0.527. The minimum absolute atomic E-state index is 0.385. The van der Waals surface area contributed by atoms with Crippen molar-refractivity contribution in [2.24, 2.45) is 16.7 Å². The van der Waals surface area contributed by atoms with Gasteiger partial charge >= 0.3 is 0 Å². The Bertz CT molecular complexity index is 308. The number of rotatable bonds is 3. The Morgan fingerprint density at radius 1 is 1.44 bits per heavy atom. The van der Waals surface area contributed by atoms with Gasteiger partial charge in [0.2, 0.25) is 0 Å². The summed E-state index contributed by atoms with van der Waals surface area (Å²) < 4.78 is 7.26. The first-order chi connectivity index (χ1) is 7.41. The fourth-order valence-corrected chi connectivity index (χ4v) is 4.40. The second-order valence-corrected chi connectivity index (χ2v) is 7.20. The highest BCUT2D eigenvalue weighted by Gasteiger charge is 2.62. The summed E-state index contributed by atoms with van der Waals surface area (Å²) in [6.45, 7) is 9.46. The zero-order chi connectivity index (χ0) is 12.0. The maximum atomic E-state index is 6.17. The minimum atomic E-state index is 0.385. The lowest BCUT2D eigenvalue weighted by atomic mass is 9.70. The molecule has 2 aliphatic rings. The number of hydrogen-bond acceptors (Lipinski definition) is 1. The summed E-state index contributed by atoms with van der Waals surface area (Å²) in [5.41, 5.74) is 0.844. The topological polar surface area (TPSA) is 9.23 Å². The summed E-state index contributed by atoms with van der Waals surface area (Å²) in [6, 6.07) is 0. The van der Waals surface area contributed by atoms with E-state index < -0.39 is 0 Å². The predicted octanol–water partition coefficient (Wildman–Crippen LogP) is 4.90. The highest BCUT2D eigenvalue weighted by Crippen LogP contribution is 2.66. The smallest absolute Gasteiger partial charge is 0.153 e. The monoisotopic (exact) mass is 334 g/mol. The maximum absolute atomic E-state index is 6.17. The molecular formula is C14H23IO. The summed E-state index contributed by atoms with van der Waals surface area (Å²) in [4.78, 5) is 0. The fourth-order valence-electron chi connectivity index (χ4n) is 3.65. The number of ether oxygens (including phenoxy) is 1. The van der Waals surface area contributed by atoms with E-state index in [1.165, 1.54) is 19.3 Å².